The molecule has 248 valence electrons. The Hall–Kier alpha value is -4.48. The van der Waals surface area contributed by atoms with E-state index in [1.807, 2.05) is 12.1 Å². The lowest BCUT2D eigenvalue weighted by molar-refractivity contribution is 0.0601. The zero-order valence-corrected chi connectivity index (χ0v) is 27.4. The number of ether oxygens (including phenoxy) is 1. The number of pyridine rings is 1. The number of anilines is 2. The molecule has 1 aliphatic heterocycles. The van der Waals surface area contributed by atoms with Crippen LogP contribution in [-0.4, -0.2) is 62.0 Å². The highest BCUT2D eigenvalue weighted by molar-refractivity contribution is 5.98. The van der Waals surface area contributed by atoms with E-state index < -0.39 is 17.8 Å². The monoisotopic (exact) mass is 633 g/mol. The lowest BCUT2D eigenvalue weighted by Crippen LogP contribution is -2.43. The van der Waals surface area contributed by atoms with Crippen molar-refractivity contribution >= 4 is 29.7 Å². The van der Waals surface area contributed by atoms with E-state index in [1.54, 1.807) is 31.9 Å². The Bertz CT molecular complexity index is 1430. The summed E-state index contributed by atoms with van der Waals surface area (Å²) >= 11 is 0. The largest absolute Gasteiger partial charge is 0.465 e. The van der Waals surface area contributed by atoms with Crippen LogP contribution >= 0.6 is 0 Å². The Morgan fingerprint density at radius 3 is 2.41 bits per heavy atom. The number of carbonyl (C=O) groups is 2. The molecule has 3 aromatic rings. The highest BCUT2D eigenvalue weighted by Crippen LogP contribution is 2.28. The molecule has 4 rings (SSSR count). The summed E-state index contributed by atoms with van der Waals surface area (Å²) in [7, 11) is 0. The highest BCUT2D eigenvalue weighted by atomic mass is 16.6. The molecule has 2 amide bonds. The molecule has 12 heteroatoms. The number of aliphatic imine (C=N–C) groups is 1. The van der Waals surface area contributed by atoms with Crippen LogP contribution in [0.15, 0.2) is 52.1 Å². The van der Waals surface area contributed by atoms with Crippen LogP contribution in [0.2, 0.25) is 0 Å². The fourth-order valence-electron chi connectivity index (χ4n) is 5.28. The zero-order chi connectivity index (χ0) is 32.9. The second kappa shape index (κ2) is 16.7. The SMILES string of the molecule is CCCCCCCCCCc1ccc(Nc2ccc(-c3noc(C4CCN(C(=NC(=O)OC(C)(C)C)NC(=O)O)C4)n3)cn2)cc1. The van der Waals surface area contributed by atoms with Gasteiger partial charge in [0.05, 0.1) is 5.92 Å². The van der Waals surface area contributed by atoms with E-state index in [0.717, 1.165) is 12.1 Å². The summed E-state index contributed by atoms with van der Waals surface area (Å²) in [6.07, 6.45) is 11.8. The van der Waals surface area contributed by atoms with Crippen molar-refractivity contribution in [1.82, 2.24) is 25.3 Å². The van der Waals surface area contributed by atoms with Gasteiger partial charge in [-0.2, -0.15) is 4.98 Å². The quantitative estimate of drug-likeness (QED) is 0.0960. The minimum absolute atomic E-state index is 0.102. The van der Waals surface area contributed by atoms with Crippen molar-refractivity contribution in [2.24, 2.45) is 4.99 Å². The van der Waals surface area contributed by atoms with E-state index in [1.165, 1.54) is 56.9 Å². The Morgan fingerprint density at radius 1 is 1.04 bits per heavy atom. The van der Waals surface area contributed by atoms with Crippen LogP contribution in [0, 0.1) is 0 Å². The van der Waals surface area contributed by atoms with Gasteiger partial charge in [0.25, 0.3) is 0 Å². The molecule has 1 unspecified atom stereocenters. The van der Waals surface area contributed by atoms with Crippen LogP contribution < -0.4 is 10.6 Å². The molecule has 3 heterocycles. The summed E-state index contributed by atoms with van der Waals surface area (Å²) in [5.41, 5.74) is 2.27. The maximum absolute atomic E-state index is 12.2. The molecule has 46 heavy (non-hydrogen) atoms. The van der Waals surface area contributed by atoms with E-state index in [-0.39, 0.29) is 11.9 Å². The van der Waals surface area contributed by atoms with E-state index >= 15 is 0 Å². The number of carboxylic acid groups (broad SMARTS) is 1. The van der Waals surface area contributed by atoms with Crippen molar-refractivity contribution in [3.63, 3.8) is 0 Å². The summed E-state index contributed by atoms with van der Waals surface area (Å²) in [6.45, 7) is 8.15. The molecule has 0 aliphatic carbocycles. The zero-order valence-electron chi connectivity index (χ0n) is 27.4. The number of amides is 2. The molecule has 0 spiro atoms. The summed E-state index contributed by atoms with van der Waals surface area (Å²) in [4.78, 5) is 38.2. The molecular formula is C34H47N7O5. The topological polar surface area (TPSA) is 155 Å². The summed E-state index contributed by atoms with van der Waals surface area (Å²) in [5.74, 6) is 1.25. The van der Waals surface area contributed by atoms with Gasteiger partial charge >= 0.3 is 12.2 Å². The number of nitrogens with zero attached hydrogens (tertiary/aromatic N) is 5. The molecule has 0 saturated carbocycles. The van der Waals surface area contributed by atoms with Gasteiger partial charge in [-0.1, -0.05) is 69.2 Å². The first-order valence-electron chi connectivity index (χ1n) is 16.3. The molecule has 3 N–H and O–H groups in total. The molecule has 12 nitrogen and oxygen atoms in total. The number of nitrogens with one attached hydrogen (secondary N) is 2. The van der Waals surface area contributed by atoms with Gasteiger partial charge in [0.1, 0.15) is 11.4 Å². The molecule has 0 bridgehead atoms. The first-order chi connectivity index (χ1) is 22.1. The van der Waals surface area contributed by atoms with Gasteiger partial charge in [-0.3, -0.25) is 5.32 Å². The summed E-state index contributed by atoms with van der Waals surface area (Å²) in [6, 6.07) is 12.3. The van der Waals surface area contributed by atoms with Crippen molar-refractivity contribution in [3.05, 3.63) is 54.0 Å². The number of aromatic nitrogens is 3. The fraction of sp³-hybridized carbons (Fsp3) is 0.529. The number of rotatable bonds is 13. The Labute approximate surface area is 271 Å². The third-order valence-electron chi connectivity index (χ3n) is 7.66. The minimum atomic E-state index is -1.33. The van der Waals surface area contributed by atoms with Gasteiger partial charge in [-0.05, 0) is 69.9 Å². The fourth-order valence-corrected chi connectivity index (χ4v) is 5.28. The minimum Gasteiger partial charge on any atom is -0.465 e. The van der Waals surface area contributed by atoms with Crippen LogP contribution in [0.1, 0.15) is 103 Å². The number of aryl methyl sites for hydroxylation is 1. The first kappa shape index (κ1) is 34.4. The average Bonchev–Trinajstić information content (AvgIpc) is 3.69. The molecule has 1 fully saturated rings. The number of benzene rings is 1. The van der Waals surface area contributed by atoms with E-state index in [4.69, 9.17) is 9.26 Å². The summed E-state index contributed by atoms with van der Waals surface area (Å²) in [5, 5.41) is 18.9. The van der Waals surface area contributed by atoms with Crippen LogP contribution in [-0.2, 0) is 11.2 Å². The van der Waals surface area contributed by atoms with Gasteiger partial charge in [0.2, 0.25) is 17.7 Å². The van der Waals surface area contributed by atoms with Crippen molar-refractivity contribution in [3.8, 4) is 11.4 Å². The normalized spacial score (nSPS) is 15.2. The molecule has 2 aromatic heterocycles. The second-order valence-corrected chi connectivity index (χ2v) is 12.7. The van der Waals surface area contributed by atoms with E-state index in [2.05, 4.69) is 61.9 Å². The predicted octanol–water partition coefficient (Wildman–Crippen LogP) is 7.91. The van der Waals surface area contributed by atoms with Gasteiger partial charge in [0.15, 0.2) is 0 Å². The maximum Gasteiger partial charge on any atom is 0.437 e. The predicted molar refractivity (Wildman–Crippen MR) is 177 cm³/mol. The second-order valence-electron chi connectivity index (χ2n) is 12.7. The Kier molecular flexibility index (Phi) is 12.5. The van der Waals surface area contributed by atoms with Crippen molar-refractivity contribution in [2.45, 2.75) is 103 Å². The van der Waals surface area contributed by atoms with Gasteiger partial charge < -0.3 is 24.6 Å². The van der Waals surface area contributed by atoms with Crippen molar-refractivity contribution in [2.75, 3.05) is 18.4 Å². The van der Waals surface area contributed by atoms with Gasteiger partial charge in [-0.25, -0.2) is 14.6 Å². The van der Waals surface area contributed by atoms with Crippen LogP contribution in [0.25, 0.3) is 11.4 Å². The Balaban J connectivity index is 1.27. The number of likely N-dealkylation sites (tertiary alicyclic amines) is 1. The number of hydrogen-bond acceptors (Lipinski definition) is 8. The third-order valence-corrected chi connectivity index (χ3v) is 7.66. The van der Waals surface area contributed by atoms with Gasteiger partial charge in [0, 0.05) is 30.5 Å². The van der Waals surface area contributed by atoms with Crippen LogP contribution in [0.3, 0.4) is 0 Å². The number of hydrogen-bond donors (Lipinski definition) is 3. The molecule has 1 aliphatic rings. The Morgan fingerprint density at radius 2 is 1.76 bits per heavy atom. The van der Waals surface area contributed by atoms with Crippen LogP contribution in [0.4, 0.5) is 21.1 Å². The molecule has 0 radical (unpaired) electrons. The number of unbranched alkanes of at least 4 members (excludes halogenated alkanes) is 7. The maximum atomic E-state index is 12.2. The first-order valence-corrected chi connectivity index (χ1v) is 16.3. The lowest BCUT2D eigenvalue weighted by Gasteiger charge is -2.21. The third kappa shape index (κ3) is 11.1. The number of carbonyl (C=O) groups excluding carboxylic acids is 1. The number of guanidine groups is 1. The average molecular weight is 634 g/mol. The van der Waals surface area contributed by atoms with Crippen molar-refractivity contribution in [1.29, 1.82) is 0 Å². The van der Waals surface area contributed by atoms with E-state index in [0.29, 0.717) is 42.6 Å². The van der Waals surface area contributed by atoms with Crippen molar-refractivity contribution < 1.29 is 24.0 Å². The molecule has 1 aromatic carbocycles. The lowest BCUT2D eigenvalue weighted by atomic mass is 10.0. The molecule has 1 atom stereocenters. The van der Waals surface area contributed by atoms with E-state index in [9.17, 15) is 14.7 Å². The van der Waals surface area contributed by atoms with Gasteiger partial charge in [-0.15, -0.1) is 4.99 Å². The van der Waals surface area contributed by atoms with Crippen LogP contribution in [0.5, 0.6) is 0 Å². The molecule has 1 saturated heterocycles. The summed E-state index contributed by atoms with van der Waals surface area (Å²) < 4.78 is 10.8. The molecular weight excluding hydrogens is 586 g/mol. The highest BCUT2D eigenvalue weighted by Gasteiger charge is 2.32. The smallest absolute Gasteiger partial charge is 0.437 e. The standard InChI is InChI=1S/C34H47N7O5/c1-5-6-7-8-9-10-11-12-13-24-14-17-27(18-15-24)36-28-19-16-25(22-35-28)29-37-30(46-40-29)26-20-21-41(23-26)31(38-32(42)43)39-33(44)45-34(2,3)4/h14-19,22,26H,5-13,20-21,23H2,1-4H3,(H,35,36)(H,42,43)(H,38,39,44).